The maximum Gasteiger partial charge on any atom is 0.263 e. The smallest absolute Gasteiger partial charge is 0.263 e. The first kappa shape index (κ1) is 42.6. The molecule has 320 valence electrons. The van der Waals surface area contributed by atoms with E-state index in [-0.39, 0.29) is 34.8 Å². The molecular formula is C44H55N13O4. The Balaban J connectivity index is 0.836. The Morgan fingerprint density at radius 2 is 1.62 bits per heavy atom. The van der Waals surface area contributed by atoms with Gasteiger partial charge in [-0.15, -0.1) is 10.2 Å². The van der Waals surface area contributed by atoms with Crippen molar-refractivity contribution < 1.29 is 14.4 Å². The number of carbonyl (C=O) groups excluding carboxylic acids is 3. The minimum atomic E-state index is -0.282. The molecule has 2 fully saturated rings. The SMILES string of the molecule is CC(=O)c1c(C)c2cnc(Nc3ccc(N4CCN(CC(=O)NCCCCNc5cc(C)ccc5C(=O)Nc5ccc(N(C)C)nn5)CC4)cn3)nc2n(C2CCCC2)c1=O. The Morgan fingerprint density at radius 1 is 0.869 bits per heavy atom. The fourth-order valence-corrected chi connectivity index (χ4v) is 8.01. The van der Waals surface area contributed by atoms with Crippen molar-refractivity contribution in [3.63, 3.8) is 0 Å². The second kappa shape index (κ2) is 19.3. The number of nitrogens with zero attached hydrogens (tertiary/aromatic N) is 9. The highest BCUT2D eigenvalue weighted by molar-refractivity contribution is 6.07. The van der Waals surface area contributed by atoms with Crippen LogP contribution in [0.25, 0.3) is 11.0 Å². The normalized spacial score (nSPS) is 14.5. The third kappa shape index (κ3) is 10.3. The van der Waals surface area contributed by atoms with Gasteiger partial charge in [-0.25, -0.2) is 9.97 Å². The third-order valence-corrected chi connectivity index (χ3v) is 11.4. The number of fused-ring (bicyclic) bond motifs is 1. The monoisotopic (exact) mass is 829 g/mol. The van der Waals surface area contributed by atoms with Crippen LogP contribution in [0.5, 0.6) is 0 Å². The summed E-state index contributed by atoms with van der Waals surface area (Å²) in [5, 5.41) is 21.4. The maximum absolute atomic E-state index is 13.6. The maximum atomic E-state index is 13.6. The van der Waals surface area contributed by atoms with Crippen molar-refractivity contribution in [2.45, 2.75) is 65.3 Å². The molecule has 2 amide bonds. The van der Waals surface area contributed by atoms with Crippen LogP contribution in [0.1, 0.15) is 83.3 Å². The van der Waals surface area contributed by atoms with Gasteiger partial charge in [-0.3, -0.25) is 28.6 Å². The molecule has 2 aliphatic rings. The number of nitrogens with one attached hydrogen (secondary N) is 4. The zero-order chi connectivity index (χ0) is 43.0. The molecule has 1 aliphatic carbocycles. The van der Waals surface area contributed by atoms with E-state index in [9.17, 15) is 19.2 Å². The highest BCUT2D eigenvalue weighted by atomic mass is 16.2. The van der Waals surface area contributed by atoms with E-state index >= 15 is 0 Å². The van der Waals surface area contributed by atoms with Crippen molar-refractivity contribution in [3.8, 4) is 0 Å². The van der Waals surface area contributed by atoms with E-state index in [4.69, 9.17) is 4.98 Å². The van der Waals surface area contributed by atoms with Crippen LogP contribution in [0.4, 0.5) is 34.8 Å². The van der Waals surface area contributed by atoms with E-state index in [1.165, 1.54) is 6.92 Å². The number of aryl methyl sites for hydroxylation is 2. The van der Waals surface area contributed by atoms with Crippen molar-refractivity contribution in [2.75, 3.05) is 85.7 Å². The van der Waals surface area contributed by atoms with Crippen LogP contribution in [0.2, 0.25) is 0 Å². The van der Waals surface area contributed by atoms with E-state index in [0.29, 0.717) is 65.2 Å². The van der Waals surface area contributed by atoms with Gasteiger partial charge in [0.1, 0.15) is 11.5 Å². The summed E-state index contributed by atoms with van der Waals surface area (Å²) in [5.41, 5.74) is 4.34. The standard InChI is InChI=1S/C44H55N13O4/c1-28-12-14-33(42(60)49-37-16-17-38(53-52-37)54(4)5)35(24-28)45-18-8-9-19-46-39(59)27-55-20-22-56(23-21-55)32-13-15-36(47-25-32)50-44-48-26-34-29(2)40(30(3)58)43(61)57(41(34)51-44)31-10-6-7-11-31/h12-17,24-26,31,45H,6-11,18-23,27H2,1-5H3,(H,46,59)(H,49,52,60)(H,47,48,50,51). The van der Waals surface area contributed by atoms with Gasteiger partial charge in [0.15, 0.2) is 17.4 Å². The molecule has 0 bridgehead atoms. The molecule has 5 aromatic rings. The summed E-state index contributed by atoms with van der Waals surface area (Å²) in [6, 6.07) is 13.1. The molecule has 0 atom stereocenters. The highest BCUT2D eigenvalue weighted by Gasteiger charge is 2.26. The van der Waals surface area contributed by atoms with Crippen LogP contribution in [-0.2, 0) is 4.79 Å². The predicted octanol–water partition coefficient (Wildman–Crippen LogP) is 5.10. The lowest BCUT2D eigenvalue weighted by molar-refractivity contribution is -0.122. The van der Waals surface area contributed by atoms with Crippen LogP contribution in [-0.4, -0.2) is 112 Å². The molecule has 61 heavy (non-hydrogen) atoms. The molecule has 1 aromatic carbocycles. The summed E-state index contributed by atoms with van der Waals surface area (Å²) in [5.74, 6) is 1.46. The first-order valence-corrected chi connectivity index (χ1v) is 21.0. The van der Waals surface area contributed by atoms with Crippen LogP contribution < -0.4 is 36.6 Å². The Labute approximate surface area is 355 Å². The van der Waals surface area contributed by atoms with Gasteiger partial charge in [0.05, 0.1) is 29.6 Å². The van der Waals surface area contributed by atoms with E-state index < -0.39 is 0 Å². The lowest BCUT2D eigenvalue weighted by Gasteiger charge is -2.35. The van der Waals surface area contributed by atoms with Gasteiger partial charge in [-0.1, -0.05) is 18.9 Å². The molecule has 1 aliphatic heterocycles. The largest absolute Gasteiger partial charge is 0.384 e. The summed E-state index contributed by atoms with van der Waals surface area (Å²) >= 11 is 0. The van der Waals surface area contributed by atoms with Gasteiger partial charge in [0.2, 0.25) is 11.9 Å². The average Bonchev–Trinajstić information content (AvgIpc) is 3.77. The average molecular weight is 830 g/mol. The first-order chi connectivity index (χ1) is 29.4. The van der Waals surface area contributed by atoms with Gasteiger partial charge < -0.3 is 31.1 Å². The van der Waals surface area contributed by atoms with E-state index in [1.807, 2.05) is 56.4 Å². The molecule has 5 heterocycles. The number of anilines is 6. The lowest BCUT2D eigenvalue weighted by Crippen LogP contribution is -2.49. The summed E-state index contributed by atoms with van der Waals surface area (Å²) in [6.45, 7) is 9.77. The van der Waals surface area contributed by atoms with Crippen LogP contribution in [0.15, 0.2) is 59.7 Å². The number of aromatic nitrogens is 6. The zero-order valence-corrected chi connectivity index (χ0v) is 35.6. The molecule has 7 rings (SSSR count). The number of hydrogen-bond donors (Lipinski definition) is 4. The minimum Gasteiger partial charge on any atom is -0.384 e. The van der Waals surface area contributed by atoms with Gasteiger partial charge in [-0.05, 0) is 94.0 Å². The molecule has 4 N–H and O–H groups in total. The summed E-state index contributed by atoms with van der Waals surface area (Å²) in [7, 11) is 3.75. The second-order valence-corrected chi connectivity index (χ2v) is 16.0. The van der Waals surface area contributed by atoms with Crippen molar-refractivity contribution >= 4 is 63.4 Å². The number of piperazine rings is 1. The number of hydrogen-bond acceptors (Lipinski definition) is 14. The Hall–Kier alpha value is -6.49. The van der Waals surface area contributed by atoms with Gasteiger partial charge in [0.25, 0.3) is 11.5 Å². The van der Waals surface area contributed by atoms with Crippen LogP contribution >= 0.6 is 0 Å². The lowest BCUT2D eigenvalue weighted by atomic mass is 10.0. The van der Waals surface area contributed by atoms with E-state index in [1.54, 1.807) is 35.9 Å². The van der Waals surface area contributed by atoms with Crippen molar-refractivity contribution in [2.24, 2.45) is 0 Å². The molecule has 1 saturated heterocycles. The fourth-order valence-electron chi connectivity index (χ4n) is 8.01. The summed E-state index contributed by atoms with van der Waals surface area (Å²) in [6.07, 6.45) is 8.92. The number of ketones is 1. The number of benzene rings is 1. The Morgan fingerprint density at radius 3 is 2.31 bits per heavy atom. The molecule has 17 nitrogen and oxygen atoms in total. The summed E-state index contributed by atoms with van der Waals surface area (Å²) < 4.78 is 1.70. The fraction of sp³-hybridized carbons (Fsp3) is 0.432. The first-order valence-electron chi connectivity index (χ1n) is 21.0. The number of rotatable bonds is 16. The van der Waals surface area contributed by atoms with E-state index in [0.717, 1.165) is 81.6 Å². The van der Waals surface area contributed by atoms with Crippen LogP contribution in [0.3, 0.4) is 0 Å². The topological polar surface area (TPSA) is 196 Å². The number of Topliss-reactive ketones (excluding diaryl/α,β-unsaturated/α-hetero) is 1. The molecule has 0 unspecified atom stereocenters. The molecule has 0 radical (unpaired) electrons. The number of unbranched alkanes of at least 4 members (excludes halogenated alkanes) is 1. The van der Waals surface area contributed by atoms with Crippen molar-refractivity contribution in [1.29, 1.82) is 0 Å². The number of pyridine rings is 2. The minimum absolute atomic E-state index is 0.00113. The Kier molecular flexibility index (Phi) is 13.5. The number of carbonyl (C=O) groups is 3. The van der Waals surface area contributed by atoms with Gasteiger partial charge in [-0.2, -0.15) is 4.98 Å². The predicted molar refractivity (Wildman–Crippen MR) is 238 cm³/mol. The molecule has 4 aromatic heterocycles. The van der Waals surface area contributed by atoms with E-state index in [2.05, 4.69) is 51.2 Å². The van der Waals surface area contributed by atoms with Crippen LogP contribution in [0, 0.1) is 13.8 Å². The molecule has 17 heteroatoms. The van der Waals surface area contributed by atoms with Crippen molar-refractivity contribution in [3.05, 3.63) is 87.5 Å². The molecular weight excluding hydrogens is 775 g/mol. The summed E-state index contributed by atoms with van der Waals surface area (Å²) in [4.78, 5) is 72.1. The quantitative estimate of drug-likeness (QED) is 0.0758. The van der Waals surface area contributed by atoms with Crippen molar-refractivity contribution in [1.82, 2.24) is 39.9 Å². The highest BCUT2D eigenvalue weighted by Crippen LogP contribution is 2.32. The number of amides is 2. The molecule has 1 saturated carbocycles. The zero-order valence-electron chi connectivity index (χ0n) is 35.6. The Bertz CT molecular complexity index is 2420. The third-order valence-electron chi connectivity index (χ3n) is 11.4. The van der Waals surface area contributed by atoms with Gasteiger partial charge >= 0.3 is 0 Å². The van der Waals surface area contributed by atoms with Gasteiger partial charge in [0, 0.05) is 76.7 Å². The molecule has 0 spiro atoms. The second-order valence-electron chi connectivity index (χ2n) is 16.0.